The smallest absolute Gasteiger partial charge is 0.320 e. The third-order valence-electron chi connectivity index (χ3n) is 4.76. The fraction of sp³-hybridized carbons (Fsp3) is 0.867. The van der Waals surface area contributed by atoms with Crippen molar-refractivity contribution in [1.82, 2.24) is 14.7 Å². The molecule has 2 aliphatic heterocycles. The lowest BCUT2D eigenvalue weighted by Gasteiger charge is -2.40. The zero-order valence-electron chi connectivity index (χ0n) is 13.1. The number of urea groups is 1. The number of carboxylic acid groups (broad SMARTS) is 1. The standard InChI is InChI=1S/C15H27N3O3/c1-3-16-8-9-18(10-12(16)2)15(21)17-7-6-13(11-17)4-5-14(19)20/h12-13H,3-11H2,1-2H3,(H,19,20). The Labute approximate surface area is 126 Å². The summed E-state index contributed by atoms with van der Waals surface area (Å²) in [4.78, 5) is 29.4. The lowest BCUT2D eigenvalue weighted by molar-refractivity contribution is -0.137. The third kappa shape index (κ3) is 4.09. The molecule has 2 unspecified atom stereocenters. The summed E-state index contributed by atoms with van der Waals surface area (Å²) in [6.45, 7) is 9.38. The van der Waals surface area contributed by atoms with Gasteiger partial charge in [-0.25, -0.2) is 4.79 Å². The van der Waals surface area contributed by atoms with Gasteiger partial charge in [0.25, 0.3) is 0 Å². The average molecular weight is 297 g/mol. The van der Waals surface area contributed by atoms with Crippen LogP contribution in [0.1, 0.15) is 33.1 Å². The highest BCUT2D eigenvalue weighted by molar-refractivity contribution is 5.75. The molecule has 2 fully saturated rings. The van der Waals surface area contributed by atoms with E-state index in [1.54, 1.807) is 0 Å². The first-order chi connectivity index (χ1) is 10.0. The number of carbonyl (C=O) groups is 2. The van der Waals surface area contributed by atoms with Crippen LogP contribution in [0.2, 0.25) is 0 Å². The number of carbonyl (C=O) groups excluding carboxylic acids is 1. The number of hydrogen-bond acceptors (Lipinski definition) is 3. The van der Waals surface area contributed by atoms with Gasteiger partial charge in [-0.2, -0.15) is 0 Å². The van der Waals surface area contributed by atoms with Gasteiger partial charge in [0.05, 0.1) is 0 Å². The fourth-order valence-corrected chi connectivity index (χ4v) is 3.41. The first-order valence-corrected chi connectivity index (χ1v) is 8.01. The molecule has 0 aromatic heterocycles. The van der Waals surface area contributed by atoms with E-state index in [1.807, 2.05) is 9.80 Å². The third-order valence-corrected chi connectivity index (χ3v) is 4.76. The molecule has 2 rings (SSSR count). The van der Waals surface area contributed by atoms with E-state index >= 15 is 0 Å². The molecule has 21 heavy (non-hydrogen) atoms. The van der Waals surface area contributed by atoms with E-state index in [0.29, 0.717) is 24.9 Å². The highest BCUT2D eigenvalue weighted by Gasteiger charge is 2.32. The number of likely N-dealkylation sites (tertiary alicyclic amines) is 1. The van der Waals surface area contributed by atoms with Gasteiger partial charge in [-0.3, -0.25) is 9.69 Å². The molecule has 0 radical (unpaired) electrons. The summed E-state index contributed by atoms with van der Waals surface area (Å²) in [5.74, 6) is -0.399. The highest BCUT2D eigenvalue weighted by atomic mass is 16.4. The molecule has 0 spiro atoms. The minimum Gasteiger partial charge on any atom is -0.481 e. The predicted octanol–water partition coefficient (Wildman–Crippen LogP) is 1.32. The van der Waals surface area contributed by atoms with Crippen LogP contribution in [0, 0.1) is 5.92 Å². The maximum absolute atomic E-state index is 12.5. The number of nitrogens with zero attached hydrogens (tertiary/aromatic N) is 3. The molecule has 2 atom stereocenters. The van der Waals surface area contributed by atoms with E-state index in [9.17, 15) is 9.59 Å². The second-order valence-electron chi connectivity index (χ2n) is 6.24. The molecule has 0 aromatic rings. The van der Waals surface area contributed by atoms with Gasteiger partial charge in [-0.05, 0) is 32.2 Å². The van der Waals surface area contributed by atoms with Gasteiger partial charge in [0.15, 0.2) is 0 Å². The van der Waals surface area contributed by atoms with E-state index in [4.69, 9.17) is 5.11 Å². The Morgan fingerprint density at radius 3 is 2.48 bits per heavy atom. The maximum Gasteiger partial charge on any atom is 0.320 e. The molecule has 2 amide bonds. The minimum atomic E-state index is -0.746. The van der Waals surface area contributed by atoms with Crippen molar-refractivity contribution in [2.45, 2.75) is 39.2 Å². The van der Waals surface area contributed by atoms with Crippen LogP contribution in [-0.2, 0) is 4.79 Å². The summed E-state index contributed by atoms with van der Waals surface area (Å²) in [7, 11) is 0. The zero-order valence-corrected chi connectivity index (χ0v) is 13.1. The molecule has 1 N–H and O–H groups in total. The maximum atomic E-state index is 12.5. The summed E-state index contributed by atoms with van der Waals surface area (Å²) in [6, 6.07) is 0.550. The quantitative estimate of drug-likeness (QED) is 0.850. The Morgan fingerprint density at radius 2 is 1.86 bits per heavy atom. The number of aliphatic carboxylic acids is 1. The van der Waals surface area contributed by atoms with Crippen LogP contribution in [-0.4, -0.2) is 77.1 Å². The molecule has 120 valence electrons. The van der Waals surface area contributed by atoms with Crippen molar-refractivity contribution in [1.29, 1.82) is 0 Å². The summed E-state index contributed by atoms with van der Waals surface area (Å²) in [5, 5.41) is 8.74. The van der Waals surface area contributed by atoms with Crippen LogP contribution in [0.3, 0.4) is 0 Å². The first kappa shape index (κ1) is 16.1. The van der Waals surface area contributed by atoms with Gasteiger partial charge >= 0.3 is 12.0 Å². The van der Waals surface area contributed by atoms with Crippen LogP contribution >= 0.6 is 0 Å². The van der Waals surface area contributed by atoms with Crippen molar-refractivity contribution < 1.29 is 14.7 Å². The van der Waals surface area contributed by atoms with E-state index in [0.717, 1.165) is 39.1 Å². The molecule has 2 aliphatic rings. The lowest BCUT2D eigenvalue weighted by Crippen LogP contribution is -2.56. The Morgan fingerprint density at radius 1 is 1.14 bits per heavy atom. The molecule has 2 heterocycles. The van der Waals surface area contributed by atoms with Crippen molar-refractivity contribution in [3.63, 3.8) is 0 Å². The SMILES string of the molecule is CCN1CCN(C(=O)N2CCC(CCC(=O)O)C2)CC1C. The van der Waals surface area contributed by atoms with Crippen LogP contribution in [0.25, 0.3) is 0 Å². The highest BCUT2D eigenvalue weighted by Crippen LogP contribution is 2.23. The zero-order chi connectivity index (χ0) is 15.4. The topological polar surface area (TPSA) is 64.1 Å². The van der Waals surface area contributed by atoms with Crippen LogP contribution < -0.4 is 0 Å². The molecule has 6 nitrogen and oxygen atoms in total. The van der Waals surface area contributed by atoms with Crippen molar-refractivity contribution in [2.24, 2.45) is 5.92 Å². The van der Waals surface area contributed by atoms with Crippen molar-refractivity contribution in [3.8, 4) is 0 Å². The first-order valence-electron chi connectivity index (χ1n) is 8.01. The number of carboxylic acids is 1. The van der Waals surface area contributed by atoms with Crippen molar-refractivity contribution in [3.05, 3.63) is 0 Å². The average Bonchev–Trinajstić information content (AvgIpc) is 2.93. The summed E-state index contributed by atoms with van der Waals surface area (Å²) in [5.41, 5.74) is 0. The van der Waals surface area contributed by atoms with Gasteiger partial charge in [-0.15, -0.1) is 0 Å². The van der Waals surface area contributed by atoms with Gasteiger partial charge in [0.1, 0.15) is 0 Å². The minimum absolute atomic E-state index is 0.135. The number of amides is 2. The molecule has 2 saturated heterocycles. The van der Waals surface area contributed by atoms with Gasteiger partial charge < -0.3 is 14.9 Å². The summed E-state index contributed by atoms with van der Waals surface area (Å²) >= 11 is 0. The van der Waals surface area contributed by atoms with Gasteiger partial charge in [-0.1, -0.05) is 6.92 Å². The Kier molecular flexibility index (Phi) is 5.45. The van der Waals surface area contributed by atoms with Crippen molar-refractivity contribution in [2.75, 3.05) is 39.3 Å². The van der Waals surface area contributed by atoms with E-state index in [2.05, 4.69) is 18.7 Å². The number of hydrogen-bond donors (Lipinski definition) is 1. The number of piperazine rings is 1. The monoisotopic (exact) mass is 297 g/mol. The molecule has 0 aromatic carbocycles. The molecule has 0 bridgehead atoms. The van der Waals surface area contributed by atoms with Crippen LogP contribution in [0.5, 0.6) is 0 Å². The van der Waals surface area contributed by atoms with Gasteiger partial charge in [0, 0.05) is 45.2 Å². The Hall–Kier alpha value is -1.30. The van der Waals surface area contributed by atoms with E-state index in [1.165, 1.54) is 0 Å². The second kappa shape index (κ2) is 7.11. The summed E-state index contributed by atoms with van der Waals surface area (Å²) in [6.07, 6.45) is 1.82. The molecule has 0 saturated carbocycles. The Bertz CT molecular complexity index is 388. The Balaban J connectivity index is 1.80. The number of likely N-dealkylation sites (N-methyl/N-ethyl adjacent to an activating group) is 1. The van der Waals surface area contributed by atoms with Crippen LogP contribution in [0.15, 0.2) is 0 Å². The predicted molar refractivity (Wildman–Crippen MR) is 80.2 cm³/mol. The fourth-order valence-electron chi connectivity index (χ4n) is 3.41. The largest absolute Gasteiger partial charge is 0.481 e. The second-order valence-corrected chi connectivity index (χ2v) is 6.24. The molecular weight excluding hydrogens is 270 g/mol. The molecule has 0 aliphatic carbocycles. The molecule has 6 heteroatoms. The van der Waals surface area contributed by atoms with E-state index < -0.39 is 5.97 Å². The molecular formula is C15H27N3O3. The van der Waals surface area contributed by atoms with Crippen LogP contribution in [0.4, 0.5) is 4.79 Å². The lowest BCUT2D eigenvalue weighted by atomic mass is 10.0. The normalized spacial score (nSPS) is 27.1. The van der Waals surface area contributed by atoms with Gasteiger partial charge in [0.2, 0.25) is 0 Å². The van der Waals surface area contributed by atoms with E-state index in [-0.39, 0.29) is 12.5 Å². The van der Waals surface area contributed by atoms with Crippen molar-refractivity contribution >= 4 is 12.0 Å². The number of rotatable bonds is 4. The summed E-state index contributed by atoms with van der Waals surface area (Å²) < 4.78 is 0.